The van der Waals surface area contributed by atoms with E-state index in [2.05, 4.69) is 14.9 Å². The Labute approximate surface area is 165 Å². The molecule has 0 saturated carbocycles. The number of hydrogen-bond donors (Lipinski definition) is 2. The van der Waals surface area contributed by atoms with Gasteiger partial charge in [0.15, 0.2) is 11.5 Å². The summed E-state index contributed by atoms with van der Waals surface area (Å²) in [7, 11) is -2.31. The molecule has 0 amide bonds. The minimum Gasteiger partial charge on any atom is -0.493 e. The Bertz CT molecular complexity index is 862. The molecular formula is C19H28N3O5P. The van der Waals surface area contributed by atoms with E-state index in [1.54, 1.807) is 13.4 Å². The fraction of sp³-hybridized carbons (Fsp3) is 0.579. The first-order chi connectivity index (χ1) is 13.3. The van der Waals surface area contributed by atoms with Crippen molar-refractivity contribution in [3.63, 3.8) is 0 Å². The highest BCUT2D eigenvalue weighted by molar-refractivity contribution is 7.51. The number of ether oxygens (including phenoxy) is 2. The predicted octanol–water partition coefficient (Wildman–Crippen LogP) is 3.21. The van der Waals surface area contributed by atoms with Crippen molar-refractivity contribution in [1.82, 2.24) is 9.97 Å². The van der Waals surface area contributed by atoms with Gasteiger partial charge in [-0.2, -0.15) is 0 Å². The van der Waals surface area contributed by atoms with Crippen LogP contribution in [0.1, 0.15) is 33.1 Å². The van der Waals surface area contributed by atoms with Crippen LogP contribution in [0, 0.1) is 5.92 Å². The van der Waals surface area contributed by atoms with Crippen molar-refractivity contribution in [3.8, 4) is 11.5 Å². The van der Waals surface area contributed by atoms with E-state index in [9.17, 15) is 4.57 Å². The van der Waals surface area contributed by atoms with Gasteiger partial charge in [0.1, 0.15) is 12.1 Å². The minimum absolute atomic E-state index is 0.0276. The van der Waals surface area contributed by atoms with Crippen LogP contribution in [0.3, 0.4) is 0 Å². The molecule has 2 aromatic rings. The van der Waals surface area contributed by atoms with Crippen LogP contribution in [0.25, 0.3) is 10.9 Å². The Morgan fingerprint density at radius 1 is 1.21 bits per heavy atom. The number of benzene rings is 1. The zero-order chi connectivity index (χ0) is 20.3. The Morgan fingerprint density at radius 3 is 2.54 bits per heavy atom. The van der Waals surface area contributed by atoms with Gasteiger partial charge in [-0.1, -0.05) is 0 Å². The van der Waals surface area contributed by atoms with Gasteiger partial charge in [-0.25, -0.2) is 9.97 Å². The monoisotopic (exact) mass is 409 g/mol. The average Bonchev–Trinajstić information content (AvgIpc) is 2.64. The normalized spacial score (nSPS) is 16.0. The number of anilines is 1. The molecule has 3 rings (SSSR count). The topological polar surface area (TPSA) is 105 Å². The van der Waals surface area contributed by atoms with Gasteiger partial charge in [0.25, 0.3) is 0 Å². The zero-order valence-electron chi connectivity index (χ0n) is 16.5. The highest BCUT2D eigenvalue weighted by Crippen LogP contribution is 2.39. The third kappa shape index (κ3) is 5.13. The van der Waals surface area contributed by atoms with Crippen LogP contribution >= 0.6 is 7.60 Å². The van der Waals surface area contributed by atoms with E-state index in [-0.39, 0.29) is 12.3 Å². The maximum atomic E-state index is 11.1. The van der Waals surface area contributed by atoms with Crippen molar-refractivity contribution in [1.29, 1.82) is 0 Å². The van der Waals surface area contributed by atoms with Crippen LogP contribution in [0.15, 0.2) is 18.5 Å². The van der Waals surface area contributed by atoms with E-state index in [4.69, 9.17) is 19.3 Å². The second-order valence-electron chi connectivity index (χ2n) is 7.49. The van der Waals surface area contributed by atoms with Crippen LogP contribution in [0.5, 0.6) is 11.5 Å². The number of methoxy groups -OCH3 is 1. The van der Waals surface area contributed by atoms with Gasteiger partial charge in [-0.05, 0) is 45.1 Å². The standard InChI is InChI=1S/C19H28N3O5P/c1-13(2)27-18-11-16-15(10-17(18)26-3)19(21-12-20-16)22-7-4-14(5-8-22)6-9-28(23,24)25/h10-14H,4-9H2,1-3H3,(H2,23,24,25). The van der Waals surface area contributed by atoms with E-state index >= 15 is 0 Å². The predicted molar refractivity (Wildman–Crippen MR) is 108 cm³/mol. The Morgan fingerprint density at radius 2 is 1.93 bits per heavy atom. The molecule has 9 heteroatoms. The Balaban J connectivity index is 1.79. The lowest BCUT2D eigenvalue weighted by molar-refractivity contribution is 0.230. The largest absolute Gasteiger partial charge is 0.493 e. The van der Waals surface area contributed by atoms with Crippen LogP contribution in [0.2, 0.25) is 0 Å². The molecule has 1 aromatic carbocycles. The number of piperidine rings is 1. The second-order valence-corrected chi connectivity index (χ2v) is 9.27. The van der Waals surface area contributed by atoms with Crippen molar-refractivity contribution in [2.24, 2.45) is 5.92 Å². The summed E-state index contributed by atoms with van der Waals surface area (Å²) in [6, 6.07) is 3.80. The first kappa shape index (κ1) is 20.8. The highest BCUT2D eigenvalue weighted by Gasteiger charge is 2.24. The number of fused-ring (bicyclic) bond motifs is 1. The molecule has 0 unspecified atom stereocenters. The molecule has 1 aliphatic rings. The fourth-order valence-corrected chi connectivity index (χ4v) is 4.29. The summed E-state index contributed by atoms with van der Waals surface area (Å²) in [5.41, 5.74) is 0.796. The van der Waals surface area contributed by atoms with Gasteiger partial charge in [-0.3, -0.25) is 4.57 Å². The summed E-state index contributed by atoms with van der Waals surface area (Å²) in [4.78, 5) is 29.3. The van der Waals surface area contributed by atoms with Crippen LogP contribution in [-0.2, 0) is 4.57 Å². The molecule has 28 heavy (non-hydrogen) atoms. The molecule has 0 spiro atoms. The fourth-order valence-electron chi connectivity index (χ4n) is 3.59. The smallest absolute Gasteiger partial charge is 0.325 e. The van der Waals surface area contributed by atoms with E-state index in [1.165, 1.54) is 0 Å². The van der Waals surface area contributed by atoms with Crippen LogP contribution in [0.4, 0.5) is 5.82 Å². The summed E-state index contributed by atoms with van der Waals surface area (Å²) in [6.07, 6.45) is 3.88. The lowest BCUT2D eigenvalue weighted by Gasteiger charge is -2.33. The van der Waals surface area contributed by atoms with E-state index in [0.717, 1.165) is 42.7 Å². The van der Waals surface area contributed by atoms with E-state index in [1.807, 2.05) is 26.0 Å². The van der Waals surface area contributed by atoms with E-state index < -0.39 is 7.60 Å². The van der Waals surface area contributed by atoms with Gasteiger partial charge in [0.05, 0.1) is 24.9 Å². The van der Waals surface area contributed by atoms with Gasteiger partial charge >= 0.3 is 7.60 Å². The molecule has 2 N–H and O–H groups in total. The lowest BCUT2D eigenvalue weighted by Crippen LogP contribution is -2.34. The maximum Gasteiger partial charge on any atom is 0.325 e. The molecular weight excluding hydrogens is 381 g/mol. The summed E-state index contributed by atoms with van der Waals surface area (Å²) in [5, 5.41) is 0.907. The molecule has 0 atom stereocenters. The molecule has 8 nitrogen and oxygen atoms in total. The van der Waals surface area contributed by atoms with Gasteiger partial charge in [0, 0.05) is 24.5 Å². The average molecular weight is 409 g/mol. The quantitative estimate of drug-likeness (QED) is 0.672. The molecule has 1 saturated heterocycles. The molecule has 0 radical (unpaired) electrons. The first-order valence-corrected chi connectivity index (χ1v) is 11.4. The summed E-state index contributed by atoms with van der Waals surface area (Å²) in [6.45, 7) is 5.52. The number of aromatic nitrogens is 2. The van der Waals surface area contributed by atoms with Crippen molar-refractivity contribution in [2.45, 2.75) is 39.2 Å². The lowest BCUT2D eigenvalue weighted by atomic mass is 9.94. The molecule has 0 bridgehead atoms. The molecule has 0 aliphatic carbocycles. The second kappa shape index (κ2) is 8.64. The molecule has 1 aliphatic heterocycles. The van der Waals surface area contributed by atoms with Crippen LogP contribution < -0.4 is 14.4 Å². The van der Waals surface area contributed by atoms with Crippen molar-refractivity contribution in [2.75, 3.05) is 31.3 Å². The highest BCUT2D eigenvalue weighted by atomic mass is 31.2. The maximum absolute atomic E-state index is 11.1. The molecule has 1 fully saturated rings. The summed E-state index contributed by atoms with van der Waals surface area (Å²) in [5.74, 6) is 2.49. The molecule has 154 valence electrons. The van der Waals surface area contributed by atoms with E-state index in [0.29, 0.717) is 23.8 Å². The summed E-state index contributed by atoms with van der Waals surface area (Å²) < 4.78 is 22.4. The zero-order valence-corrected chi connectivity index (χ0v) is 17.4. The van der Waals surface area contributed by atoms with Crippen molar-refractivity contribution in [3.05, 3.63) is 18.5 Å². The van der Waals surface area contributed by atoms with Gasteiger partial charge in [-0.15, -0.1) is 0 Å². The minimum atomic E-state index is -3.92. The number of hydrogen-bond acceptors (Lipinski definition) is 6. The van der Waals surface area contributed by atoms with Crippen molar-refractivity contribution < 1.29 is 23.8 Å². The third-order valence-electron chi connectivity index (χ3n) is 5.01. The first-order valence-electron chi connectivity index (χ1n) is 9.55. The van der Waals surface area contributed by atoms with Gasteiger partial charge < -0.3 is 24.2 Å². The number of rotatable bonds is 7. The van der Waals surface area contributed by atoms with Crippen molar-refractivity contribution >= 4 is 24.3 Å². The van der Waals surface area contributed by atoms with Crippen LogP contribution in [-0.4, -0.2) is 52.2 Å². The Kier molecular flexibility index (Phi) is 6.43. The number of nitrogens with zero attached hydrogens (tertiary/aromatic N) is 3. The molecule has 2 heterocycles. The third-order valence-corrected chi connectivity index (χ3v) is 5.85. The summed E-state index contributed by atoms with van der Waals surface area (Å²) >= 11 is 0. The molecule has 1 aromatic heterocycles. The van der Waals surface area contributed by atoms with Gasteiger partial charge in [0.2, 0.25) is 0 Å². The SMILES string of the molecule is COc1cc2c(N3CCC(CCP(=O)(O)O)CC3)ncnc2cc1OC(C)C. The Hall–Kier alpha value is -1.89.